The van der Waals surface area contributed by atoms with E-state index in [0.717, 1.165) is 28.1 Å². The molecule has 1 saturated carbocycles. The molecular formula is C15H22IN3O2. The average molecular weight is 403 g/mol. The summed E-state index contributed by atoms with van der Waals surface area (Å²) >= 11 is 2.36. The first-order chi connectivity index (χ1) is 10.2. The molecule has 0 spiro atoms. The lowest BCUT2D eigenvalue weighted by molar-refractivity contribution is -0.117. The Bertz CT molecular complexity index is 508. The van der Waals surface area contributed by atoms with Crippen molar-refractivity contribution in [3.8, 4) is 0 Å². The Morgan fingerprint density at radius 3 is 2.62 bits per heavy atom. The molecule has 1 aromatic heterocycles. The second kappa shape index (κ2) is 6.34. The Morgan fingerprint density at radius 1 is 1.33 bits per heavy atom. The van der Waals surface area contributed by atoms with Gasteiger partial charge in [-0.3, -0.25) is 0 Å². The van der Waals surface area contributed by atoms with Gasteiger partial charge in [-0.2, -0.15) is 0 Å². The van der Waals surface area contributed by atoms with Gasteiger partial charge in [-0.1, -0.05) is 0 Å². The topological polar surface area (TPSA) is 56.3 Å². The van der Waals surface area contributed by atoms with Gasteiger partial charge in [0, 0.05) is 45.6 Å². The third-order valence-electron chi connectivity index (χ3n) is 4.21. The molecule has 1 aromatic rings. The quantitative estimate of drug-likeness (QED) is 0.767. The molecule has 1 aliphatic carbocycles. The van der Waals surface area contributed by atoms with Crippen molar-refractivity contribution >= 4 is 28.4 Å². The molecule has 0 amide bonds. The zero-order valence-electron chi connectivity index (χ0n) is 12.6. The summed E-state index contributed by atoms with van der Waals surface area (Å²) in [5, 5.41) is 3.21. The van der Waals surface area contributed by atoms with Crippen LogP contribution in [0.25, 0.3) is 0 Å². The van der Waals surface area contributed by atoms with Crippen LogP contribution in [0, 0.1) is 3.57 Å². The Labute approximate surface area is 139 Å². The number of anilines is 1. The first kappa shape index (κ1) is 15.4. The first-order valence-electron chi connectivity index (χ1n) is 7.67. The Morgan fingerprint density at radius 2 is 2.05 bits per heavy atom. The molecule has 1 N–H and O–H groups in total. The van der Waals surface area contributed by atoms with Gasteiger partial charge in [0.25, 0.3) is 0 Å². The maximum absolute atomic E-state index is 6.12. The van der Waals surface area contributed by atoms with Crippen molar-refractivity contribution < 1.29 is 9.47 Å². The van der Waals surface area contributed by atoms with Crippen molar-refractivity contribution in [3.05, 3.63) is 15.1 Å². The third kappa shape index (κ3) is 3.03. The molecule has 2 aliphatic rings. The van der Waals surface area contributed by atoms with E-state index in [4.69, 9.17) is 19.4 Å². The SMILES string of the molecule is CCOC1(c2nc(NC)c(I)c(C3CC3)n2)CCOCC1. The molecule has 0 unspecified atom stereocenters. The van der Waals surface area contributed by atoms with Crippen LogP contribution in [-0.2, 0) is 15.1 Å². The van der Waals surface area contributed by atoms with Crippen LogP contribution >= 0.6 is 22.6 Å². The van der Waals surface area contributed by atoms with Crippen LogP contribution in [0.3, 0.4) is 0 Å². The van der Waals surface area contributed by atoms with Crippen molar-refractivity contribution in [2.45, 2.75) is 44.1 Å². The van der Waals surface area contributed by atoms with E-state index in [9.17, 15) is 0 Å². The lowest BCUT2D eigenvalue weighted by Crippen LogP contribution is -2.38. The zero-order valence-corrected chi connectivity index (χ0v) is 14.8. The highest BCUT2D eigenvalue weighted by molar-refractivity contribution is 14.1. The molecule has 2 heterocycles. The molecule has 116 valence electrons. The molecule has 6 heteroatoms. The largest absolute Gasteiger partial charge is 0.381 e. The minimum absolute atomic E-state index is 0.382. The summed E-state index contributed by atoms with van der Waals surface area (Å²) in [5.74, 6) is 2.36. The maximum Gasteiger partial charge on any atom is 0.163 e. The number of nitrogens with one attached hydrogen (secondary N) is 1. The predicted octanol–water partition coefficient (Wildman–Crippen LogP) is 3.04. The summed E-state index contributed by atoms with van der Waals surface area (Å²) in [7, 11) is 1.92. The number of hydrogen-bond acceptors (Lipinski definition) is 5. The molecule has 1 saturated heterocycles. The fourth-order valence-electron chi connectivity index (χ4n) is 2.87. The average Bonchev–Trinajstić information content (AvgIpc) is 3.33. The minimum atomic E-state index is -0.382. The van der Waals surface area contributed by atoms with E-state index in [1.807, 2.05) is 14.0 Å². The molecule has 0 bridgehead atoms. The van der Waals surface area contributed by atoms with Gasteiger partial charge in [0.15, 0.2) is 5.82 Å². The van der Waals surface area contributed by atoms with Crippen LogP contribution in [0.2, 0.25) is 0 Å². The van der Waals surface area contributed by atoms with Crippen molar-refractivity contribution in [1.82, 2.24) is 9.97 Å². The van der Waals surface area contributed by atoms with Crippen molar-refractivity contribution in [3.63, 3.8) is 0 Å². The first-order valence-corrected chi connectivity index (χ1v) is 8.75. The summed E-state index contributed by atoms with van der Waals surface area (Å²) in [4.78, 5) is 9.68. The van der Waals surface area contributed by atoms with Crippen molar-refractivity contribution in [2.75, 3.05) is 32.2 Å². The monoisotopic (exact) mass is 403 g/mol. The highest BCUT2D eigenvalue weighted by Crippen LogP contribution is 2.44. The van der Waals surface area contributed by atoms with E-state index in [0.29, 0.717) is 25.7 Å². The van der Waals surface area contributed by atoms with Gasteiger partial charge in [0.05, 0.1) is 9.26 Å². The number of ether oxygens (including phenoxy) is 2. The Hall–Kier alpha value is -0.470. The van der Waals surface area contributed by atoms with Gasteiger partial charge >= 0.3 is 0 Å². The standard InChI is InChI=1S/C15H22IN3O2/c1-3-21-15(6-8-20-9-7-15)14-18-12(10-4-5-10)11(16)13(17-2)19-14/h10H,3-9H2,1-2H3,(H,17,18,19). The second-order valence-electron chi connectivity index (χ2n) is 5.66. The number of hydrogen-bond donors (Lipinski definition) is 1. The normalized spacial score (nSPS) is 21.3. The third-order valence-corrected chi connectivity index (χ3v) is 5.27. The van der Waals surface area contributed by atoms with Crippen LogP contribution < -0.4 is 5.32 Å². The number of aromatic nitrogens is 2. The van der Waals surface area contributed by atoms with E-state index in [1.165, 1.54) is 18.5 Å². The van der Waals surface area contributed by atoms with Crippen LogP contribution in [0.4, 0.5) is 5.82 Å². The minimum Gasteiger partial charge on any atom is -0.381 e. The summed E-state index contributed by atoms with van der Waals surface area (Å²) < 4.78 is 12.8. The number of halogens is 1. The van der Waals surface area contributed by atoms with E-state index in [2.05, 4.69) is 27.9 Å². The molecule has 0 atom stereocenters. The number of nitrogens with zero attached hydrogens (tertiary/aromatic N) is 2. The Kier molecular flexibility index (Phi) is 4.66. The van der Waals surface area contributed by atoms with E-state index in [1.54, 1.807) is 0 Å². The van der Waals surface area contributed by atoms with Gasteiger partial charge < -0.3 is 14.8 Å². The lowest BCUT2D eigenvalue weighted by atomic mass is 9.92. The van der Waals surface area contributed by atoms with Crippen LogP contribution in [-0.4, -0.2) is 36.8 Å². The van der Waals surface area contributed by atoms with Crippen LogP contribution in [0.5, 0.6) is 0 Å². The van der Waals surface area contributed by atoms with Crippen LogP contribution in [0.1, 0.15) is 50.0 Å². The summed E-state index contributed by atoms with van der Waals surface area (Å²) in [5.41, 5.74) is 0.808. The summed E-state index contributed by atoms with van der Waals surface area (Å²) in [6, 6.07) is 0. The van der Waals surface area contributed by atoms with Gasteiger partial charge in [-0.05, 0) is 42.4 Å². The Balaban J connectivity index is 2.04. The fraction of sp³-hybridized carbons (Fsp3) is 0.733. The summed E-state index contributed by atoms with van der Waals surface area (Å²) in [6.07, 6.45) is 4.13. The lowest BCUT2D eigenvalue weighted by Gasteiger charge is -2.35. The van der Waals surface area contributed by atoms with E-state index in [-0.39, 0.29) is 5.60 Å². The molecule has 3 rings (SSSR count). The molecular weight excluding hydrogens is 381 g/mol. The van der Waals surface area contributed by atoms with E-state index < -0.39 is 0 Å². The molecule has 2 fully saturated rings. The molecule has 1 aliphatic heterocycles. The highest BCUT2D eigenvalue weighted by Gasteiger charge is 2.40. The smallest absolute Gasteiger partial charge is 0.163 e. The predicted molar refractivity (Wildman–Crippen MR) is 89.6 cm³/mol. The summed E-state index contributed by atoms with van der Waals surface area (Å²) in [6.45, 7) is 4.12. The van der Waals surface area contributed by atoms with Gasteiger partial charge in [0.2, 0.25) is 0 Å². The zero-order chi connectivity index (χ0) is 14.9. The molecule has 0 radical (unpaired) electrons. The maximum atomic E-state index is 6.12. The van der Waals surface area contributed by atoms with Gasteiger partial charge in [0.1, 0.15) is 11.4 Å². The van der Waals surface area contributed by atoms with Gasteiger partial charge in [-0.15, -0.1) is 0 Å². The molecule has 21 heavy (non-hydrogen) atoms. The van der Waals surface area contributed by atoms with Gasteiger partial charge in [-0.25, -0.2) is 9.97 Å². The van der Waals surface area contributed by atoms with Crippen LogP contribution in [0.15, 0.2) is 0 Å². The fourth-order valence-corrected chi connectivity index (χ4v) is 3.82. The van der Waals surface area contributed by atoms with E-state index >= 15 is 0 Å². The van der Waals surface area contributed by atoms with Crippen molar-refractivity contribution in [2.24, 2.45) is 0 Å². The molecule has 5 nitrogen and oxygen atoms in total. The second-order valence-corrected chi connectivity index (χ2v) is 6.74. The van der Waals surface area contributed by atoms with Crippen molar-refractivity contribution in [1.29, 1.82) is 0 Å². The molecule has 0 aromatic carbocycles. The number of rotatable bonds is 5. The highest BCUT2D eigenvalue weighted by atomic mass is 127.